The monoisotopic (exact) mass is 359 g/mol. The highest BCUT2D eigenvalue weighted by Gasteiger charge is 2.19. The van der Waals surface area contributed by atoms with Gasteiger partial charge in [0.1, 0.15) is 0 Å². The number of aliphatic hydroxyl groups is 2. The fourth-order valence-electron chi connectivity index (χ4n) is 2.38. The summed E-state index contributed by atoms with van der Waals surface area (Å²) in [4.78, 5) is 34.3. The molecule has 0 aliphatic carbocycles. The van der Waals surface area contributed by atoms with Crippen molar-refractivity contribution in [1.29, 1.82) is 0 Å². The van der Waals surface area contributed by atoms with Crippen molar-refractivity contribution in [3.63, 3.8) is 0 Å². The van der Waals surface area contributed by atoms with Crippen molar-refractivity contribution in [2.75, 3.05) is 12.0 Å². The number of rotatable bonds is 6. The maximum Gasteiger partial charge on any atom is 0.329 e. The maximum absolute atomic E-state index is 12.2. The van der Waals surface area contributed by atoms with E-state index in [0.29, 0.717) is 0 Å². The van der Waals surface area contributed by atoms with E-state index in [0.717, 1.165) is 5.56 Å². The Kier molecular flexibility index (Phi) is 4.91. The summed E-state index contributed by atoms with van der Waals surface area (Å²) in [5.74, 6) is 0.143. The summed E-state index contributed by atoms with van der Waals surface area (Å²) < 4.78 is 2.54. The van der Waals surface area contributed by atoms with Crippen LogP contribution in [-0.2, 0) is 13.6 Å². The molecule has 0 fully saturated rings. The molecule has 0 unspecified atom stereocenters. The number of hydrazone groups is 1. The van der Waals surface area contributed by atoms with Gasteiger partial charge < -0.3 is 14.8 Å². The van der Waals surface area contributed by atoms with Crippen LogP contribution in [-0.4, -0.2) is 53.2 Å². The van der Waals surface area contributed by atoms with Crippen molar-refractivity contribution in [2.24, 2.45) is 12.1 Å². The molecule has 4 N–H and O–H groups in total. The Labute approximate surface area is 146 Å². The van der Waals surface area contributed by atoms with Gasteiger partial charge in [0.2, 0.25) is 5.95 Å². The second kappa shape index (κ2) is 7.29. The van der Waals surface area contributed by atoms with Crippen LogP contribution in [0.3, 0.4) is 0 Å². The summed E-state index contributed by atoms with van der Waals surface area (Å²) >= 11 is 0. The zero-order valence-electron chi connectivity index (χ0n) is 13.8. The van der Waals surface area contributed by atoms with Crippen LogP contribution in [0.2, 0.25) is 0 Å². The quantitative estimate of drug-likeness (QED) is 0.313. The SMILES string of the molecule is Cn1c(=O)[nH]c(=O)c2c1nc(N/N=C\c1ccncc1)n2C[C@@H](O)CO. The normalized spacial score (nSPS) is 12.7. The first kappa shape index (κ1) is 17.5. The molecule has 0 saturated heterocycles. The Balaban J connectivity index is 2.05. The van der Waals surface area contributed by atoms with Crippen LogP contribution < -0.4 is 16.7 Å². The minimum Gasteiger partial charge on any atom is -0.394 e. The van der Waals surface area contributed by atoms with Gasteiger partial charge in [0.25, 0.3) is 5.56 Å². The topological polar surface area (TPSA) is 150 Å². The van der Waals surface area contributed by atoms with Gasteiger partial charge in [-0.15, -0.1) is 0 Å². The third-order valence-corrected chi connectivity index (χ3v) is 3.70. The van der Waals surface area contributed by atoms with E-state index in [4.69, 9.17) is 5.11 Å². The van der Waals surface area contributed by atoms with Crippen molar-refractivity contribution in [3.8, 4) is 0 Å². The van der Waals surface area contributed by atoms with E-state index in [1.807, 2.05) is 0 Å². The summed E-state index contributed by atoms with van der Waals surface area (Å²) in [7, 11) is 1.46. The highest BCUT2D eigenvalue weighted by atomic mass is 16.3. The molecular weight excluding hydrogens is 342 g/mol. The summed E-state index contributed by atoms with van der Waals surface area (Å²) in [5.41, 5.74) is 2.44. The first-order valence-electron chi connectivity index (χ1n) is 7.69. The molecule has 0 spiro atoms. The number of anilines is 1. The number of hydrogen-bond acceptors (Lipinski definition) is 8. The predicted octanol–water partition coefficient (Wildman–Crippen LogP) is -1.38. The number of hydrogen-bond donors (Lipinski definition) is 4. The van der Waals surface area contributed by atoms with Crippen molar-refractivity contribution in [2.45, 2.75) is 12.6 Å². The molecule has 0 aliphatic heterocycles. The standard InChI is InChI=1S/C15H17N7O4/c1-21-12-11(13(25)19-15(21)26)22(7-10(24)8-23)14(18-12)20-17-6-9-2-4-16-5-3-9/h2-6,10,23-24H,7-8H2,1H3,(H,18,20)(H,19,25,26)/b17-6-/t10-/m1/s1. The summed E-state index contributed by atoms with van der Waals surface area (Å²) in [6, 6.07) is 3.50. The predicted molar refractivity (Wildman–Crippen MR) is 94.1 cm³/mol. The molecule has 0 radical (unpaired) electrons. The van der Waals surface area contributed by atoms with Crippen molar-refractivity contribution >= 4 is 23.3 Å². The number of aryl methyl sites for hydroxylation is 1. The second-order valence-corrected chi connectivity index (χ2v) is 5.52. The van der Waals surface area contributed by atoms with E-state index >= 15 is 0 Å². The molecule has 0 aliphatic rings. The zero-order chi connectivity index (χ0) is 18.7. The Morgan fingerprint density at radius 3 is 2.81 bits per heavy atom. The summed E-state index contributed by atoms with van der Waals surface area (Å²) in [6.07, 6.45) is 3.64. The molecule has 0 amide bonds. The molecule has 3 aromatic rings. The average Bonchev–Trinajstić information content (AvgIpc) is 2.99. The maximum atomic E-state index is 12.2. The van der Waals surface area contributed by atoms with Gasteiger partial charge >= 0.3 is 5.69 Å². The number of imidazole rings is 1. The highest BCUT2D eigenvalue weighted by Crippen LogP contribution is 2.16. The molecule has 11 nitrogen and oxygen atoms in total. The van der Waals surface area contributed by atoms with Crippen LogP contribution in [0, 0.1) is 0 Å². The number of nitrogens with zero attached hydrogens (tertiary/aromatic N) is 5. The Morgan fingerprint density at radius 2 is 2.12 bits per heavy atom. The van der Waals surface area contributed by atoms with Crippen LogP contribution in [0.15, 0.2) is 39.2 Å². The smallest absolute Gasteiger partial charge is 0.329 e. The minimum absolute atomic E-state index is 0.0845. The van der Waals surface area contributed by atoms with Gasteiger partial charge in [0.15, 0.2) is 11.2 Å². The van der Waals surface area contributed by atoms with Crippen LogP contribution >= 0.6 is 0 Å². The van der Waals surface area contributed by atoms with E-state index in [1.54, 1.807) is 24.5 Å². The van der Waals surface area contributed by atoms with Gasteiger partial charge in [-0.3, -0.25) is 19.3 Å². The molecule has 1 atom stereocenters. The first-order chi connectivity index (χ1) is 12.5. The van der Waals surface area contributed by atoms with Crippen molar-refractivity contribution in [1.82, 2.24) is 24.1 Å². The molecule has 3 rings (SSSR count). The Morgan fingerprint density at radius 1 is 1.38 bits per heavy atom. The molecule has 0 bridgehead atoms. The van der Waals surface area contributed by atoms with Crippen molar-refractivity contribution in [3.05, 3.63) is 50.9 Å². The third kappa shape index (κ3) is 3.38. The van der Waals surface area contributed by atoms with E-state index in [-0.39, 0.29) is 23.7 Å². The fourth-order valence-corrected chi connectivity index (χ4v) is 2.38. The summed E-state index contributed by atoms with van der Waals surface area (Å²) in [6.45, 7) is -0.607. The number of fused-ring (bicyclic) bond motifs is 1. The lowest BCUT2D eigenvalue weighted by atomic mass is 10.3. The zero-order valence-corrected chi connectivity index (χ0v) is 13.8. The van der Waals surface area contributed by atoms with E-state index < -0.39 is 24.0 Å². The van der Waals surface area contributed by atoms with Crippen LogP contribution in [0.5, 0.6) is 0 Å². The number of nitrogens with one attached hydrogen (secondary N) is 2. The van der Waals surface area contributed by atoms with Gasteiger partial charge in [-0.2, -0.15) is 10.1 Å². The van der Waals surface area contributed by atoms with Crippen LogP contribution in [0.25, 0.3) is 11.2 Å². The minimum atomic E-state index is -1.12. The highest BCUT2D eigenvalue weighted by molar-refractivity contribution is 5.80. The lowest BCUT2D eigenvalue weighted by Crippen LogP contribution is -2.30. The largest absolute Gasteiger partial charge is 0.394 e. The number of aliphatic hydroxyl groups excluding tert-OH is 2. The lowest BCUT2D eigenvalue weighted by molar-refractivity contribution is 0.0825. The molecular formula is C15H17N7O4. The molecule has 3 heterocycles. The molecule has 136 valence electrons. The number of aromatic nitrogens is 5. The van der Waals surface area contributed by atoms with Gasteiger partial charge in [-0.25, -0.2) is 10.2 Å². The number of H-pyrrole nitrogens is 1. The van der Waals surface area contributed by atoms with E-state index in [2.05, 4.69) is 25.5 Å². The van der Waals surface area contributed by atoms with Crippen LogP contribution in [0.1, 0.15) is 5.56 Å². The van der Waals surface area contributed by atoms with Gasteiger partial charge in [-0.05, 0) is 17.7 Å². The Bertz CT molecular complexity index is 1050. The molecule has 0 saturated carbocycles. The summed E-state index contributed by atoms with van der Waals surface area (Å²) in [5, 5.41) is 22.9. The van der Waals surface area contributed by atoms with Crippen molar-refractivity contribution < 1.29 is 10.2 Å². The third-order valence-electron chi connectivity index (χ3n) is 3.70. The van der Waals surface area contributed by atoms with Gasteiger partial charge in [0, 0.05) is 19.4 Å². The molecule has 3 aromatic heterocycles. The van der Waals surface area contributed by atoms with Crippen LogP contribution in [0.4, 0.5) is 5.95 Å². The Hall–Kier alpha value is -3.31. The average molecular weight is 359 g/mol. The second-order valence-electron chi connectivity index (χ2n) is 5.52. The number of pyridine rings is 1. The van der Waals surface area contributed by atoms with Gasteiger partial charge in [0.05, 0.1) is 25.5 Å². The molecule has 11 heteroatoms. The lowest BCUT2D eigenvalue weighted by Gasteiger charge is -2.11. The van der Waals surface area contributed by atoms with Gasteiger partial charge in [-0.1, -0.05) is 0 Å². The number of aromatic amines is 1. The molecule has 0 aromatic carbocycles. The fraction of sp³-hybridized carbons (Fsp3) is 0.267. The first-order valence-corrected chi connectivity index (χ1v) is 7.69. The van der Waals surface area contributed by atoms with E-state index in [1.165, 1.54) is 22.4 Å². The molecule has 26 heavy (non-hydrogen) atoms. The van der Waals surface area contributed by atoms with E-state index in [9.17, 15) is 14.7 Å².